The molecule has 2 aromatic rings. The molecule has 1 unspecified atom stereocenters. The highest BCUT2D eigenvalue weighted by Gasteiger charge is 2.31. The van der Waals surface area contributed by atoms with Crippen molar-refractivity contribution in [2.24, 2.45) is 0 Å². The van der Waals surface area contributed by atoms with Gasteiger partial charge in [-0.1, -0.05) is 11.6 Å². The molecule has 146 valence electrons. The fourth-order valence-corrected chi connectivity index (χ4v) is 3.10. The number of thioether (sulfide) groups is 1. The number of ether oxygens (including phenoxy) is 1. The average molecular weight is 421 g/mol. The van der Waals surface area contributed by atoms with E-state index in [1.165, 1.54) is 18.2 Å². The number of hydrogen-bond acceptors (Lipinski definition) is 5. The Bertz CT molecular complexity index is 834. The Hall–Kier alpha value is -2.13. The highest BCUT2D eigenvalue weighted by atomic mass is 35.5. The van der Waals surface area contributed by atoms with Crippen molar-refractivity contribution in [1.82, 2.24) is 0 Å². The molecule has 0 aliphatic rings. The summed E-state index contributed by atoms with van der Waals surface area (Å²) in [6.07, 6.45) is -2.60. The molecule has 2 rings (SSSR count). The van der Waals surface area contributed by atoms with Gasteiger partial charge in [0.05, 0.1) is 15.5 Å². The number of rotatable bonds is 7. The largest absolute Gasteiger partial charge is 0.456 e. The van der Waals surface area contributed by atoms with Crippen molar-refractivity contribution in [3.63, 3.8) is 0 Å². The topological polar surface area (TPSA) is 64.4 Å². The second-order valence-electron chi connectivity index (χ2n) is 5.68. The Morgan fingerprint density at radius 3 is 2.56 bits per heavy atom. The summed E-state index contributed by atoms with van der Waals surface area (Å²) in [6, 6.07) is 6.73. The third-order valence-corrected chi connectivity index (χ3v) is 4.60. The Kier molecular flexibility index (Phi) is 6.83. The average Bonchev–Trinajstić information content (AvgIpc) is 2.56. The lowest BCUT2D eigenvalue weighted by atomic mass is 10.2. The highest BCUT2D eigenvalue weighted by molar-refractivity contribution is 7.98. The summed E-state index contributed by atoms with van der Waals surface area (Å²) in [5, 5.41) is 14.0. The van der Waals surface area contributed by atoms with E-state index in [-0.39, 0.29) is 33.9 Å². The van der Waals surface area contributed by atoms with Gasteiger partial charge < -0.3 is 10.1 Å². The summed E-state index contributed by atoms with van der Waals surface area (Å²) in [5.74, 6) is 0.954. The number of nitro benzene ring substituents is 1. The van der Waals surface area contributed by atoms with Gasteiger partial charge in [0.15, 0.2) is 0 Å². The van der Waals surface area contributed by atoms with E-state index < -0.39 is 16.7 Å². The maximum Gasteiger partial charge on any atom is 0.416 e. The molecule has 0 radical (unpaired) electrons. The van der Waals surface area contributed by atoms with Crippen LogP contribution in [0.15, 0.2) is 36.4 Å². The molecule has 1 N–H and O–H groups in total. The first-order valence-corrected chi connectivity index (χ1v) is 9.47. The van der Waals surface area contributed by atoms with Crippen LogP contribution < -0.4 is 10.1 Å². The maximum absolute atomic E-state index is 12.7. The first-order valence-electron chi connectivity index (χ1n) is 7.70. The van der Waals surface area contributed by atoms with Gasteiger partial charge in [-0.2, -0.15) is 24.9 Å². The van der Waals surface area contributed by atoms with Crippen LogP contribution in [0, 0.1) is 10.1 Å². The van der Waals surface area contributed by atoms with Gasteiger partial charge >= 0.3 is 6.18 Å². The third kappa shape index (κ3) is 5.67. The van der Waals surface area contributed by atoms with Crippen LogP contribution in [0.3, 0.4) is 0 Å². The molecule has 0 spiro atoms. The molecule has 0 aliphatic carbocycles. The van der Waals surface area contributed by atoms with Crippen LogP contribution in [-0.4, -0.2) is 23.0 Å². The first kappa shape index (κ1) is 21.2. The SMILES string of the molecule is CSCC(C)Nc1cc(Oc2ccc(C(F)(F)F)cc2Cl)ccc1[N+](=O)[O-]. The summed E-state index contributed by atoms with van der Waals surface area (Å²) in [5.41, 5.74) is -0.771. The smallest absolute Gasteiger partial charge is 0.416 e. The van der Waals surface area contributed by atoms with Crippen molar-refractivity contribution in [2.45, 2.75) is 19.1 Å². The van der Waals surface area contributed by atoms with Crippen molar-refractivity contribution in [1.29, 1.82) is 0 Å². The number of nitrogens with one attached hydrogen (secondary N) is 1. The van der Waals surface area contributed by atoms with Gasteiger partial charge in [-0.25, -0.2) is 0 Å². The van der Waals surface area contributed by atoms with Gasteiger partial charge in [-0.05, 0) is 37.4 Å². The maximum atomic E-state index is 12.7. The summed E-state index contributed by atoms with van der Waals surface area (Å²) < 4.78 is 43.7. The molecule has 0 heterocycles. The van der Waals surface area contributed by atoms with E-state index in [9.17, 15) is 23.3 Å². The molecule has 27 heavy (non-hydrogen) atoms. The van der Waals surface area contributed by atoms with Gasteiger partial charge in [0.1, 0.15) is 17.2 Å². The van der Waals surface area contributed by atoms with Crippen molar-refractivity contribution >= 4 is 34.7 Å². The fourth-order valence-electron chi connectivity index (χ4n) is 2.30. The number of nitro groups is 1. The number of hydrogen-bond donors (Lipinski definition) is 1. The first-order chi connectivity index (χ1) is 12.6. The zero-order chi connectivity index (χ0) is 20.2. The van der Waals surface area contributed by atoms with E-state index >= 15 is 0 Å². The molecule has 10 heteroatoms. The number of nitrogens with zero attached hydrogens (tertiary/aromatic N) is 1. The zero-order valence-corrected chi connectivity index (χ0v) is 15.9. The lowest BCUT2D eigenvalue weighted by molar-refractivity contribution is -0.384. The van der Waals surface area contributed by atoms with E-state index in [0.717, 1.165) is 24.0 Å². The molecule has 1 atom stereocenters. The van der Waals surface area contributed by atoms with Crippen LogP contribution >= 0.6 is 23.4 Å². The number of anilines is 1. The molecule has 2 aromatic carbocycles. The van der Waals surface area contributed by atoms with Crippen LogP contribution in [0.1, 0.15) is 12.5 Å². The van der Waals surface area contributed by atoms with Crippen molar-refractivity contribution in [3.05, 3.63) is 57.1 Å². The van der Waals surface area contributed by atoms with E-state index in [2.05, 4.69) is 5.32 Å². The predicted octanol–water partition coefficient (Wildman–Crippen LogP) is 6.22. The van der Waals surface area contributed by atoms with Crippen LogP contribution in [0.4, 0.5) is 24.5 Å². The Morgan fingerprint density at radius 2 is 2.00 bits per heavy atom. The molecule has 5 nitrogen and oxygen atoms in total. The normalized spacial score (nSPS) is 12.5. The lowest BCUT2D eigenvalue weighted by Gasteiger charge is -2.16. The molecule has 0 bridgehead atoms. The Labute approximate surface area is 163 Å². The van der Waals surface area contributed by atoms with Gasteiger partial charge in [0, 0.05) is 23.9 Å². The Morgan fingerprint density at radius 1 is 1.30 bits per heavy atom. The van der Waals surface area contributed by atoms with Crippen molar-refractivity contribution in [2.75, 3.05) is 17.3 Å². The highest BCUT2D eigenvalue weighted by Crippen LogP contribution is 2.38. The monoisotopic (exact) mass is 420 g/mol. The van der Waals surface area contributed by atoms with Crippen molar-refractivity contribution < 1.29 is 22.8 Å². The van der Waals surface area contributed by atoms with Gasteiger partial charge in [0.2, 0.25) is 0 Å². The van der Waals surface area contributed by atoms with Gasteiger partial charge in [0.25, 0.3) is 5.69 Å². The minimum Gasteiger partial charge on any atom is -0.456 e. The number of alkyl halides is 3. The van der Waals surface area contributed by atoms with Crippen LogP contribution in [-0.2, 0) is 6.18 Å². The molecular formula is C17H16ClF3N2O3S. The predicted molar refractivity (Wildman–Crippen MR) is 101 cm³/mol. The van der Waals surface area contributed by atoms with E-state index in [1.54, 1.807) is 11.8 Å². The molecule has 0 saturated heterocycles. The summed E-state index contributed by atoms with van der Waals surface area (Å²) in [6.45, 7) is 1.88. The van der Waals surface area contributed by atoms with Gasteiger partial charge in [-0.15, -0.1) is 0 Å². The van der Waals surface area contributed by atoms with Crippen LogP contribution in [0.25, 0.3) is 0 Å². The summed E-state index contributed by atoms with van der Waals surface area (Å²) in [7, 11) is 0. The molecular weight excluding hydrogens is 405 g/mol. The minimum absolute atomic E-state index is 0.0154. The van der Waals surface area contributed by atoms with Crippen LogP contribution in [0.2, 0.25) is 5.02 Å². The summed E-state index contributed by atoms with van der Waals surface area (Å²) >= 11 is 7.46. The standard InChI is InChI=1S/C17H16ClF3N2O3S/c1-10(9-27-2)22-14-8-12(4-5-15(14)23(24)25)26-16-6-3-11(7-13(16)18)17(19,20)21/h3-8,10,22H,9H2,1-2H3. The summed E-state index contributed by atoms with van der Waals surface area (Å²) in [4.78, 5) is 10.7. The van der Waals surface area contributed by atoms with Gasteiger partial charge in [-0.3, -0.25) is 10.1 Å². The fraction of sp³-hybridized carbons (Fsp3) is 0.294. The van der Waals surface area contributed by atoms with E-state index in [1.807, 2.05) is 13.2 Å². The van der Waals surface area contributed by atoms with Crippen LogP contribution in [0.5, 0.6) is 11.5 Å². The molecule has 0 aliphatic heterocycles. The Balaban J connectivity index is 2.30. The quantitative estimate of drug-likeness (QED) is 0.425. The lowest BCUT2D eigenvalue weighted by Crippen LogP contribution is -2.18. The van der Waals surface area contributed by atoms with E-state index in [4.69, 9.17) is 16.3 Å². The van der Waals surface area contributed by atoms with E-state index in [0.29, 0.717) is 0 Å². The molecule has 0 amide bonds. The zero-order valence-electron chi connectivity index (χ0n) is 14.3. The molecule has 0 saturated carbocycles. The minimum atomic E-state index is -4.51. The third-order valence-electron chi connectivity index (χ3n) is 3.47. The second kappa shape index (κ2) is 8.71. The number of halogens is 4. The van der Waals surface area contributed by atoms with Crippen molar-refractivity contribution in [3.8, 4) is 11.5 Å². The second-order valence-corrected chi connectivity index (χ2v) is 7.00. The molecule has 0 fully saturated rings. The number of benzene rings is 2. The molecule has 0 aromatic heterocycles.